The zero-order valence-corrected chi connectivity index (χ0v) is 41.8. The van der Waals surface area contributed by atoms with Crippen molar-refractivity contribution in [3.8, 4) is 22.4 Å². The number of hydrogen-bond donors (Lipinski definition) is 2. The van der Waals surface area contributed by atoms with Crippen LogP contribution in [0.15, 0.2) is 73.4 Å². The molecule has 4 amide bonds. The molecule has 0 spiro atoms. The number of cyclic esters (lactones) is 1. The number of hydrogen-bond acceptors (Lipinski definition) is 10. The summed E-state index contributed by atoms with van der Waals surface area (Å²) in [5.41, 5.74) is 10.5. The molecule has 2 fully saturated rings. The van der Waals surface area contributed by atoms with Crippen LogP contribution in [-0.2, 0) is 52.8 Å². The number of hydrazine groups is 1. The predicted octanol–water partition coefficient (Wildman–Crippen LogP) is 4.93. The second kappa shape index (κ2) is 19.6. The Bertz CT molecular complexity index is 2520. The Labute approximate surface area is 390 Å². The zero-order chi connectivity index (χ0) is 47.7. The van der Waals surface area contributed by atoms with Gasteiger partial charge in [-0.1, -0.05) is 64.6 Å². The van der Waals surface area contributed by atoms with Gasteiger partial charge in [-0.25, -0.2) is 10.2 Å². The number of carbonyl (C=O) groups is 5. The molecular formula is C50H65N7O8Si. The van der Waals surface area contributed by atoms with Gasteiger partial charge in [-0.3, -0.25) is 34.1 Å². The van der Waals surface area contributed by atoms with E-state index in [2.05, 4.69) is 73.0 Å². The molecule has 0 aliphatic carbocycles. The Balaban J connectivity index is 1.28. The van der Waals surface area contributed by atoms with E-state index in [0.717, 1.165) is 50.1 Å². The molecule has 16 heteroatoms. The molecule has 0 radical (unpaired) electrons. The van der Waals surface area contributed by atoms with Crippen LogP contribution in [0.3, 0.4) is 0 Å². The number of aromatic nitrogens is 2. The summed E-state index contributed by atoms with van der Waals surface area (Å²) < 4.78 is 20.1. The van der Waals surface area contributed by atoms with Crippen LogP contribution in [0.25, 0.3) is 33.3 Å². The number of esters is 1. The van der Waals surface area contributed by atoms with Crippen LogP contribution in [0.4, 0.5) is 4.79 Å². The van der Waals surface area contributed by atoms with E-state index in [1.807, 2.05) is 45.0 Å². The maximum absolute atomic E-state index is 14.8. The minimum atomic E-state index is -1.10. The van der Waals surface area contributed by atoms with Gasteiger partial charge in [0, 0.05) is 72.0 Å². The van der Waals surface area contributed by atoms with Gasteiger partial charge in [0.25, 0.3) is 5.91 Å². The quantitative estimate of drug-likeness (QED) is 0.127. The molecule has 2 aromatic heterocycles. The molecule has 0 unspecified atom stereocenters. The SMILES string of the molecule is C=CC(=O)N1CC(OC(=O)N(C)[C@H](C(=O)N[C@H]2Cc3cccc(c3)-c3ccc4c(c3)c(c(-c3cccnc3[C@H](C)OC)n4CC)CC(C)(C)COC(=O)[C@@]3([SiH3])CCCN(N3)C2=O)C(C)C)C1. The molecule has 2 saturated heterocycles. The van der Waals surface area contributed by atoms with Crippen molar-refractivity contribution in [1.29, 1.82) is 0 Å². The first-order valence-electron chi connectivity index (χ1n) is 23.0. The third kappa shape index (κ3) is 9.81. The Hall–Kier alpha value is -5.84. The van der Waals surface area contributed by atoms with E-state index in [4.69, 9.17) is 19.2 Å². The molecule has 6 bridgehead atoms. The van der Waals surface area contributed by atoms with Gasteiger partial charge in [0.15, 0.2) is 0 Å². The summed E-state index contributed by atoms with van der Waals surface area (Å²) in [5.74, 6) is -1.97. The molecular weight excluding hydrogens is 855 g/mol. The van der Waals surface area contributed by atoms with Crippen LogP contribution < -0.4 is 10.7 Å². The summed E-state index contributed by atoms with van der Waals surface area (Å²) in [6.07, 6.45) is 3.27. The monoisotopic (exact) mass is 919 g/mol. The summed E-state index contributed by atoms with van der Waals surface area (Å²) in [7, 11) is 3.53. The molecule has 4 aromatic rings. The van der Waals surface area contributed by atoms with E-state index >= 15 is 0 Å². The number of nitrogens with zero attached hydrogens (tertiary/aromatic N) is 5. The number of nitrogens with one attached hydrogen (secondary N) is 2. The van der Waals surface area contributed by atoms with Crippen molar-refractivity contribution in [2.45, 2.75) is 103 Å². The average molecular weight is 920 g/mol. The minimum absolute atomic E-state index is 0.128. The standard InChI is InChI=1S/C50H65N7O8Si/c1-10-41(58)55-27-35(28-55)65-48(62)54(8)43(30(3)4)45(59)52-39-24-32-15-12-16-33(23-32)34-18-19-40-37(25-34)38(44(56(40)11-2)36-17-13-21-51-42(36)31(5)63-9)26-49(6,7)29-64-47(61)50(66)20-14-22-57(53-50)46(39)60/h10,12-13,15-19,21,23,25,30-31,35,39,43,53H,1,11,14,20,22,24,26-29H2,2-9,66H3,(H,52,59)/t31-,39-,43-,50-/m0/s1. The van der Waals surface area contributed by atoms with Crippen molar-refractivity contribution in [3.05, 3.63) is 90.3 Å². The molecule has 3 aliphatic heterocycles. The number of likely N-dealkylation sites (tertiary alicyclic amines) is 1. The van der Waals surface area contributed by atoms with E-state index in [0.29, 0.717) is 42.6 Å². The van der Waals surface area contributed by atoms with Crippen LogP contribution in [-0.4, -0.2) is 128 Å². The lowest BCUT2D eigenvalue weighted by molar-refractivity contribution is -0.158. The number of ether oxygens (including phenoxy) is 3. The number of fused-ring (bicyclic) bond motifs is 6. The Morgan fingerprint density at radius 2 is 1.83 bits per heavy atom. The average Bonchev–Trinajstić information content (AvgIpc) is 3.59. The number of rotatable bonds is 10. The molecule has 352 valence electrons. The molecule has 66 heavy (non-hydrogen) atoms. The van der Waals surface area contributed by atoms with Gasteiger partial charge in [-0.2, -0.15) is 0 Å². The van der Waals surface area contributed by atoms with Crippen LogP contribution in [0.2, 0.25) is 0 Å². The predicted molar refractivity (Wildman–Crippen MR) is 256 cm³/mol. The lowest BCUT2D eigenvalue weighted by atomic mass is 9.84. The second-order valence-electron chi connectivity index (χ2n) is 19.3. The van der Waals surface area contributed by atoms with Gasteiger partial charge in [0.2, 0.25) is 11.8 Å². The van der Waals surface area contributed by atoms with Gasteiger partial charge in [-0.15, -0.1) is 0 Å². The lowest BCUT2D eigenvalue weighted by Gasteiger charge is -2.42. The maximum atomic E-state index is 14.8. The van der Waals surface area contributed by atoms with E-state index < -0.39 is 52.6 Å². The first-order chi connectivity index (χ1) is 31.4. The van der Waals surface area contributed by atoms with Crippen molar-refractivity contribution >= 4 is 50.9 Å². The van der Waals surface area contributed by atoms with E-state index in [1.54, 1.807) is 13.3 Å². The van der Waals surface area contributed by atoms with Crippen molar-refractivity contribution in [3.63, 3.8) is 0 Å². The highest BCUT2D eigenvalue weighted by molar-refractivity contribution is 6.27. The number of amides is 4. The number of methoxy groups -OCH3 is 1. The van der Waals surface area contributed by atoms with Gasteiger partial charge in [-0.05, 0) is 91.6 Å². The maximum Gasteiger partial charge on any atom is 0.410 e. The Morgan fingerprint density at radius 1 is 1.09 bits per heavy atom. The smallest absolute Gasteiger partial charge is 0.410 e. The number of aryl methyl sites for hydroxylation is 1. The van der Waals surface area contributed by atoms with Crippen molar-refractivity contribution < 1.29 is 38.2 Å². The number of benzene rings is 2. The lowest BCUT2D eigenvalue weighted by Crippen LogP contribution is -2.67. The summed E-state index contributed by atoms with van der Waals surface area (Å²) in [5, 5.41) is 4.46. The zero-order valence-electron chi connectivity index (χ0n) is 39.8. The fourth-order valence-corrected chi connectivity index (χ4v) is 10.3. The van der Waals surface area contributed by atoms with Crippen LogP contribution >= 0.6 is 0 Å². The molecule has 7 rings (SSSR count). The fraction of sp³-hybridized carbons (Fsp3) is 0.480. The molecule has 2 aromatic carbocycles. The van der Waals surface area contributed by atoms with Crippen molar-refractivity contribution in [1.82, 2.24) is 35.1 Å². The molecule has 2 N–H and O–H groups in total. The van der Waals surface area contributed by atoms with E-state index in [9.17, 15) is 24.0 Å². The van der Waals surface area contributed by atoms with Gasteiger partial charge in [0.1, 0.15) is 23.3 Å². The third-order valence-corrected chi connectivity index (χ3v) is 14.4. The van der Waals surface area contributed by atoms with Crippen molar-refractivity contribution in [2.24, 2.45) is 11.3 Å². The molecule has 5 heterocycles. The molecule has 0 saturated carbocycles. The highest BCUT2D eigenvalue weighted by atomic mass is 28.1. The molecule has 4 atom stereocenters. The first-order valence-corrected chi connectivity index (χ1v) is 24.0. The number of carbonyl (C=O) groups excluding carboxylic acids is 5. The fourth-order valence-electron chi connectivity index (χ4n) is 9.58. The summed E-state index contributed by atoms with van der Waals surface area (Å²) in [6, 6.07) is 16.5. The number of pyridine rings is 1. The van der Waals surface area contributed by atoms with E-state index in [-0.39, 0.29) is 44.0 Å². The minimum Gasteiger partial charge on any atom is -0.464 e. The first kappa shape index (κ1) is 48.1. The van der Waals surface area contributed by atoms with Gasteiger partial charge >= 0.3 is 12.1 Å². The van der Waals surface area contributed by atoms with Crippen LogP contribution in [0, 0.1) is 11.3 Å². The van der Waals surface area contributed by atoms with E-state index in [1.165, 1.54) is 27.9 Å². The molecule has 15 nitrogen and oxygen atoms in total. The summed E-state index contributed by atoms with van der Waals surface area (Å²) >= 11 is 0. The molecule has 3 aliphatic rings. The largest absolute Gasteiger partial charge is 0.464 e. The summed E-state index contributed by atoms with van der Waals surface area (Å²) in [6.45, 7) is 17.1. The highest BCUT2D eigenvalue weighted by Crippen LogP contribution is 2.42. The van der Waals surface area contributed by atoms with Crippen LogP contribution in [0.1, 0.15) is 77.3 Å². The topological polar surface area (TPSA) is 165 Å². The van der Waals surface area contributed by atoms with Crippen molar-refractivity contribution in [2.75, 3.05) is 40.4 Å². The second-order valence-corrected chi connectivity index (χ2v) is 21.0. The highest BCUT2D eigenvalue weighted by Gasteiger charge is 2.44. The Kier molecular flexibility index (Phi) is 14.3. The van der Waals surface area contributed by atoms with Gasteiger partial charge < -0.3 is 29.0 Å². The number of likely N-dealkylation sites (N-methyl/N-ethyl adjacent to an activating group) is 1. The van der Waals surface area contributed by atoms with Gasteiger partial charge in [0.05, 0.1) is 37.2 Å². The third-order valence-electron chi connectivity index (χ3n) is 13.2. The summed E-state index contributed by atoms with van der Waals surface area (Å²) in [4.78, 5) is 76.5. The van der Waals surface area contributed by atoms with Crippen LogP contribution in [0.5, 0.6) is 0 Å². The normalized spacial score (nSPS) is 21.1. The Morgan fingerprint density at radius 3 is 2.53 bits per heavy atom.